The summed E-state index contributed by atoms with van der Waals surface area (Å²) < 4.78 is 5.73. The van der Waals surface area contributed by atoms with Crippen molar-refractivity contribution in [2.45, 2.75) is 26.8 Å². The van der Waals surface area contributed by atoms with Gasteiger partial charge in [-0.1, -0.05) is 26.0 Å². The van der Waals surface area contributed by atoms with Crippen LogP contribution in [0, 0.1) is 5.92 Å². The number of aliphatic carboxylic acids is 1. The van der Waals surface area contributed by atoms with Crippen molar-refractivity contribution in [2.24, 2.45) is 5.92 Å². The van der Waals surface area contributed by atoms with Crippen molar-refractivity contribution in [3.8, 4) is 5.75 Å². The Morgan fingerprint density at radius 3 is 2.50 bits per heavy atom. The summed E-state index contributed by atoms with van der Waals surface area (Å²) in [5, 5.41) is 9.01. The van der Waals surface area contributed by atoms with Crippen LogP contribution in [0.15, 0.2) is 24.3 Å². The zero-order valence-corrected chi connectivity index (χ0v) is 14.4. The van der Waals surface area contributed by atoms with Gasteiger partial charge in [0.2, 0.25) is 5.91 Å². The molecule has 1 unspecified atom stereocenters. The molecule has 1 saturated heterocycles. The lowest BCUT2D eigenvalue weighted by molar-refractivity contribution is -0.141. The molecule has 6 heteroatoms. The van der Waals surface area contributed by atoms with Gasteiger partial charge in [-0.15, -0.1) is 0 Å². The summed E-state index contributed by atoms with van der Waals surface area (Å²) in [7, 11) is 0. The second-order valence-electron chi connectivity index (χ2n) is 6.03. The SMILES string of the molecule is CCN(CC)CCOc1ccc(CN2CC(C(=O)O)CC2=O)cc1. The van der Waals surface area contributed by atoms with Crippen LogP contribution in [-0.4, -0.2) is 59.6 Å². The molecule has 1 aliphatic heterocycles. The average Bonchev–Trinajstić information content (AvgIpc) is 2.94. The first-order valence-electron chi connectivity index (χ1n) is 8.48. The number of ether oxygens (including phenoxy) is 1. The number of likely N-dealkylation sites (N-methyl/N-ethyl adjacent to an activating group) is 1. The van der Waals surface area contributed by atoms with Gasteiger partial charge in [0.1, 0.15) is 12.4 Å². The van der Waals surface area contributed by atoms with Crippen LogP contribution in [0.2, 0.25) is 0 Å². The number of amides is 1. The summed E-state index contributed by atoms with van der Waals surface area (Å²) >= 11 is 0. The maximum absolute atomic E-state index is 11.9. The van der Waals surface area contributed by atoms with E-state index >= 15 is 0 Å². The molecule has 1 aliphatic rings. The molecule has 24 heavy (non-hydrogen) atoms. The van der Waals surface area contributed by atoms with E-state index in [2.05, 4.69) is 18.7 Å². The molecule has 0 saturated carbocycles. The van der Waals surface area contributed by atoms with Gasteiger partial charge in [0.05, 0.1) is 5.92 Å². The van der Waals surface area contributed by atoms with E-state index < -0.39 is 11.9 Å². The first-order chi connectivity index (χ1) is 11.5. The topological polar surface area (TPSA) is 70.1 Å². The summed E-state index contributed by atoms with van der Waals surface area (Å²) in [4.78, 5) is 26.7. The third-order valence-corrected chi connectivity index (χ3v) is 4.43. The van der Waals surface area contributed by atoms with E-state index in [0.29, 0.717) is 13.2 Å². The Labute approximate surface area is 143 Å². The first kappa shape index (κ1) is 18.3. The number of carbonyl (C=O) groups is 2. The molecule has 0 aromatic heterocycles. The molecule has 0 spiro atoms. The van der Waals surface area contributed by atoms with E-state index in [9.17, 15) is 9.59 Å². The van der Waals surface area contributed by atoms with Crippen molar-refractivity contribution in [3.05, 3.63) is 29.8 Å². The monoisotopic (exact) mass is 334 g/mol. The summed E-state index contributed by atoms with van der Waals surface area (Å²) in [6.45, 7) is 8.57. The minimum absolute atomic E-state index is 0.0954. The van der Waals surface area contributed by atoms with Crippen molar-refractivity contribution < 1.29 is 19.4 Å². The summed E-state index contributed by atoms with van der Waals surface area (Å²) in [5.74, 6) is -0.771. The molecular weight excluding hydrogens is 308 g/mol. The van der Waals surface area contributed by atoms with Crippen LogP contribution in [0.25, 0.3) is 0 Å². The number of hydrogen-bond donors (Lipinski definition) is 1. The number of carboxylic acid groups (broad SMARTS) is 1. The van der Waals surface area contributed by atoms with Crippen LogP contribution in [-0.2, 0) is 16.1 Å². The normalized spacial score (nSPS) is 17.5. The molecule has 1 aromatic carbocycles. The van der Waals surface area contributed by atoms with Gasteiger partial charge >= 0.3 is 5.97 Å². The minimum Gasteiger partial charge on any atom is -0.492 e. The van der Waals surface area contributed by atoms with E-state index in [1.807, 2.05) is 24.3 Å². The van der Waals surface area contributed by atoms with Crippen LogP contribution in [0.3, 0.4) is 0 Å². The van der Waals surface area contributed by atoms with Crippen molar-refractivity contribution in [1.82, 2.24) is 9.80 Å². The Kier molecular flexibility index (Phi) is 6.61. The van der Waals surface area contributed by atoms with E-state index in [1.165, 1.54) is 0 Å². The van der Waals surface area contributed by atoms with Crippen LogP contribution >= 0.6 is 0 Å². The van der Waals surface area contributed by atoms with Crippen molar-refractivity contribution in [2.75, 3.05) is 32.8 Å². The fourth-order valence-electron chi connectivity index (χ4n) is 2.83. The molecule has 2 rings (SSSR count). The quantitative estimate of drug-likeness (QED) is 0.746. The Balaban J connectivity index is 1.82. The second kappa shape index (κ2) is 8.68. The molecule has 0 aliphatic carbocycles. The molecule has 132 valence electrons. The maximum Gasteiger partial charge on any atom is 0.308 e. The Morgan fingerprint density at radius 2 is 1.96 bits per heavy atom. The predicted molar refractivity (Wildman–Crippen MR) is 90.9 cm³/mol. The maximum atomic E-state index is 11.9. The van der Waals surface area contributed by atoms with Gasteiger partial charge in [0, 0.05) is 26.1 Å². The zero-order valence-electron chi connectivity index (χ0n) is 14.4. The highest BCUT2D eigenvalue weighted by molar-refractivity contribution is 5.86. The van der Waals surface area contributed by atoms with E-state index in [0.717, 1.165) is 30.9 Å². The van der Waals surface area contributed by atoms with Gasteiger partial charge in [-0.25, -0.2) is 0 Å². The van der Waals surface area contributed by atoms with Crippen LogP contribution < -0.4 is 4.74 Å². The van der Waals surface area contributed by atoms with Crippen LogP contribution in [0.5, 0.6) is 5.75 Å². The minimum atomic E-state index is -0.900. The zero-order chi connectivity index (χ0) is 17.5. The van der Waals surface area contributed by atoms with Gasteiger partial charge < -0.3 is 19.6 Å². The number of rotatable bonds is 9. The number of carboxylic acids is 1. The first-order valence-corrected chi connectivity index (χ1v) is 8.48. The largest absolute Gasteiger partial charge is 0.492 e. The lowest BCUT2D eigenvalue weighted by atomic mass is 10.1. The number of carbonyl (C=O) groups excluding carboxylic acids is 1. The van der Waals surface area contributed by atoms with Gasteiger partial charge in [0.25, 0.3) is 0 Å². The molecule has 0 radical (unpaired) electrons. The van der Waals surface area contributed by atoms with Crippen LogP contribution in [0.1, 0.15) is 25.8 Å². The fraction of sp³-hybridized carbons (Fsp3) is 0.556. The van der Waals surface area contributed by atoms with Crippen molar-refractivity contribution >= 4 is 11.9 Å². The summed E-state index contributed by atoms with van der Waals surface area (Å²) in [6.07, 6.45) is 0.0991. The molecule has 0 bridgehead atoms. The molecule has 1 atom stereocenters. The number of hydrogen-bond acceptors (Lipinski definition) is 4. The number of benzene rings is 1. The summed E-state index contributed by atoms with van der Waals surface area (Å²) in [5.41, 5.74) is 0.977. The van der Waals surface area contributed by atoms with Gasteiger partial charge in [0.15, 0.2) is 0 Å². The Bertz CT molecular complexity index is 555. The van der Waals surface area contributed by atoms with Crippen LogP contribution in [0.4, 0.5) is 0 Å². The van der Waals surface area contributed by atoms with Gasteiger partial charge in [-0.3, -0.25) is 9.59 Å². The molecule has 1 heterocycles. The molecule has 1 amide bonds. The summed E-state index contributed by atoms with van der Waals surface area (Å²) in [6, 6.07) is 7.64. The second-order valence-corrected chi connectivity index (χ2v) is 6.03. The van der Waals surface area contributed by atoms with E-state index in [-0.39, 0.29) is 18.9 Å². The molecule has 1 aromatic rings. The van der Waals surface area contributed by atoms with Gasteiger partial charge in [-0.2, -0.15) is 0 Å². The lowest BCUT2D eigenvalue weighted by Gasteiger charge is -2.18. The van der Waals surface area contributed by atoms with Crippen molar-refractivity contribution in [3.63, 3.8) is 0 Å². The average molecular weight is 334 g/mol. The van der Waals surface area contributed by atoms with E-state index in [4.69, 9.17) is 9.84 Å². The number of nitrogens with zero attached hydrogens (tertiary/aromatic N) is 2. The predicted octanol–water partition coefficient (Wildman–Crippen LogP) is 1.84. The third kappa shape index (κ3) is 4.96. The molecule has 6 nitrogen and oxygen atoms in total. The highest BCUT2D eigenvalue weighted by Gasteiger charge is 2.33. The number of likely N-dealkylation sites (tertiary alicyclic amines) is 1. The highest BCUT2D eigenvalue weighted by Crippen LogP contribution is 2.21. The highest BCUT2D eigenvalue weighted by atomic mass is 16.5. The van der Waals surface area contributed by atoms with Gasteiger partial charge in [-0.05, 0) is 30.8 Å². The fourth-order valence-corrected chi connectivity index (χ4v) is 2.83. The van der Waals surface area contributed by atoms with Crippen molar-refractivity contribution in [1.29, 1.82) is 0 Å². The standard InChI is InChI=1S/C18H26N2O4/c1-3-19(4-2)9-10-24-16-7-5-14(6-8-16)12-20-13-15(18(22)23)11-17(20)21/h5-8,15H,3-4,9-13H2,1-2H3,(H,22,23). The lowest BCUT2D eigenvalue weighted by Crippen LogP contribution is -2.27. The third-order valence-electron chi connectivity index (χ3n) is 4.43. The van der Waals surface area contributed by atoms with E-state index in [1.54, 1.807) is 4.90 Å². The Hall–Kier alpha value is -2.08. The smallest absolute Gasteiger partial charge is 0.308 e. The molecule has 1 fully saturated rings. The molecular formula is C18H26N2O4. The molecule has 1 N–H and O–H groups in total. The Morgan fingerprint density at radius 1 is 1.29 bits per heavy atom.